The molecule has 0 amide bonds. The molecule has 0 aliphatic carbocycles. The normalized spacial score (nSPS) is 11.9. The maximum atomic E-state index is 11.0. The Hall–Kier alpha value is -1.75. The van der Waals surface area contributed by atoms with Gasteiger partial charge in [-0.2, -0.15) is 0 Å². The number of rotatable bonds is 4. The molecule has 0 aromatic carbocycles. The number of aldehydes is 1. The molecule has 0 aliphatic heterocycles. The van der Waals surface area contributed by atoms with Gasteiger partial charge >= 0.3 is 5.97 Å². The number of nitrogens with two attached hydrogens (primary N) is 1. The van der Waals surface area contributed by atoms with Crippen LogP contribution in [0.2, 0.25) is 0 Å². The lowest BCUT2D eigenvalue weighted by molar-refractivity contribution is -0.142. The second-order valence-corrected chi connectivity index (χ2v) is 3.03. The summed E-state index contributed by atoms with van der Waals surface area (Å²) in [5.41, 5.74) is 6.65. The lowest BCUT2D eigenvalue weighted by atomic mass is 10.1. The van der Waals surface area contributed by atoms with E-state index in [-0.39, 0.29) is 6.42 Å². The topological polar surface area (TPSA) is 82.3 Å². The molecule has 15 heavy (non-hydrogen) atoms. The van der Waals surface area contributed by atoms with E-state index in [1.807, 2.05) is 0 Å². The highest BCUT2D eigenvalue weighted by atomic mass is 16.5. The average molecular weight is 208 g/mol. The number of nitrogens with zero attached hydrogens (tertiary/aromatic N) is 1. The van der Waals surface area contributed by atoms with Gasteiger partial charge in [-0.1, -0.05) is 0 Å². The molecule has 0 saturated carbocycles. The van der Waals surface area contributed by atoms with Gasteiger partial charge in [-0.3, -0.25) is 14.6 Å². The third-order valence-electron chi connectivity index (χ3n) is 1.91. The van der Waals surface area contributed by atoms with Crippen molar-refractivity contribution < 1.29 is 14.3 Å². The lowest BCUT2D eigenvalue weighted by Gasteiger charge is -2.08. The van der Waals surface area contributed by atoms with Crippen LogP contribution in [0.25, 0.3) is 0 Å². The van der Waals surface area contributed by atoms with Crippen LogP contribution < -0.4 is 5.73 Å². The molecular weight excluding hydrogens is 196 g/mol. The van der Waals surface area contributed by atoms with E-state index >= 15 is 0 Å². The molecule has 0 aliphatic rings. The zero-order valence-electron chi connectivity index (χ0n) is 8.34. The zero-order valence-corrected chi connectivity index (χ0v) is 8.34. The van der Waals surface area contributed by atoms with Gasteiger partial charge in [0.05, 0.1) is 7.11 Å². The third-order valence-corrected chi connectivity index (χ3v) is 1.91. The first-order chi connectivity index (χ1) is 7.17. The zero-order chi connectivity index (χ0) is 11.3. The highest BCUT2D eigenvalue weighted by Crippen LogP contribution is 2.02. The maximum Gasteiger partial charge on any atom is 0.323 e. The monoisotopic (exact) mass is 208 g/mol. The molecule has 0 saturated heterocycles. The van der Waals surface area contributed by atoms with Crippen molar-refractivity contribution in [1.82, 2.24) is 4.98 Å². The Bertz CT molecular complexity index is 365. The first kappa shape index (κ1) is 11.3. The van der Waals surface area contributed by atoms with Crippen molar-refractivity contribution in [2.75, 3.05) is 7.11 Å². The van der Waals surface area contributed by atoms with Crippen LogP contribution in [0.5, 0.6) is 0 Å². The second kappa shape index (κ2) is 5.21. The summed E-state index contributed by atoms with van der Waals surface area (Å²) in [5.74, 6) is -0.492. The van der Waals surface area contributed by atoms with Crippen LogP contribution in [-0.2, 0) is 16.0 Å². The molecule has 1 aromatic rings. The van der Waals surface area contributed by atoms with Gasteiger partial charge in [0, 0.05) is 23.9 Å². The SMILES string of the molecule is COC(=O)[C@@H](N)Cc1cc(C=O)ccn1. The van der Waals surface area contributed by atoms with Crippen molar-refractivity contribution in [2.45, 2.75) is 12.5 Å². The van der Waals surface area contributed by atoms with Crippen molar-refractivity contribution in [3.8, 4) is 0 Å². The van der Waals surface area contributed by atoms with Crippen LogP contribution in [0.4, 0.5) is 0 Å². The largest absolute Gasteiger partial charge is 0.468 e. The van der Waals surface area contributed by atoms with Crippen molar-refractivity contribution in [2.24, 2.45) is 5.73 Å². The molecule has 80 valence electrons. The Balaban J connectivity index is 2.71. The summed E-state index contributed by atoms with van der Waals surface area (Å²) < 4.78 is 4.48. The van der Waals surface area contributed by atoms with Gasteiger partial charge in [-0.05, 0) is 12.1 Å². The molecule has 1 heterocycles. The summed E-state index contributed by atoms with van der Waals surface area (Å²) in [6.45, 7) is 0. The fourth-order valence-electron chi connectivity index (χ4n) is 1.14. The number of carbonyl (C=O) groups excluding carboxylic acids is 2. The van der Waals surface area contributed by atoms with Crippen LogP contribution >= 0.6 is 0 Å². The highest BCUT2D eigenvalue weighted by molar-refractivity contribution is 5.76. The molecule has 0 spiro atoms. The van der Waals surface area contributed by atoms with E-state index in [9.17, 15) is 9.59 Å². The standard InChI is InChI=1S/C10H12N2O3/c1-15-10(14)9(11)5-8-4-7(6-13)2-3-12-8/h2-4,6,9H,5,11H2,1H3/t9-/m0/s1. The number of methoxy groups -OCH3 is 1. The quantitative estimate of drug-likeness (QED) is 0.553. The number of carbonyl (C=O) groups is 2. The van der Waals surface area contributed by atoms with Gasteiger partial charge < -0.3 is 10.5 Å². The van der Waals surface area contributed by atoms with E-state index in [1.54, 1.807) is 12.1 Å². The minimum Gasteiger partial charge on any atom is -0.468 e. The summed E-state index contributed by atoms with van der Waals surface area (Å²) in [6.07, 6.45) is 2.48. The van der Waals surface area contributed by atoms with Crippen molar-refractivity contribution >= 4 is 12.3 Å². The minimum atomic E-state index is -0.746. The van der Waals surface area contributed by atoms with E-state index in [0.29, 0.717) is 11.3 Å². The molecule has 5 nitrogen and oxygen atoms in total. The Morgan fingerprint density at radius 2 is 2.47 bits per heavy atom. The summed E-state index contributed by atoms with van der Waals surface area (Å²) in [4.78, 5) is 25.5. The number of pyridine rings is 1. The van der Waals surface area contributed by atoms with E-state index in [0.717, 1.165) is 6.29 Å². The fourth-order valence-corrected chi connectivity index (χ4v) is 1.14. The van der Waals surface area contributed by atoms with Crippen molar-refractivity contribution in [3.63, 3.8) is 0 Å². The highest BCUT2D eigenvalue weighted by Gasteiger charge is 2.14. The smallest absolute Gasteiger partial charge is 0.323 e. The predicted molar refractivity (Wildman–Crippen MR) is 53.3 cm³/mol. The summed E-state index contributed by atoms with van der Waals surface area (Å²) in [7, 11) is 1.28. The summed E-state index contributed by atoms with van der Waals surface area (Å²) in [6, 6.07) is 2.43. The lowest BCUT2D eigenvalue weighted by Crippen LogP contribution is -2.33. The van der Waals surface area contributed by atoms with Gasteiger partial charge in [-0.25, -0.2) is 0 Å². The molecule has 0 bridgehead atoms. The molecule has 5 heteroatoms. The van der Waals surface area contributed by atoms with Gasteiger partial charge in [0.25, 0.3) is 0 Å². The predicted octanol–water partition coefficient (Wildman–Crippen LogP) is -0.0631. The first-order valence-electron chi connectivity index (χ1n) is 4.41. The molecule has 1 aromatic heterocycles. The third kappa shape index (κ3) is 3.14. The molecule has 0 fully saturated rings. The van der Waals surface area contributed by atoms with Crippen molar-refractivity contribution in [3.05, 3.63) is 29.6 Å². The molecule has 1 rings (SSSR count). The second-order valence-electron chi connectivity index (χ2n) is 3.03. The Morgan fingerprint density at radius 1 is 1.73 bits per heavy atom. The average Bonchev–Trinajstić information content (AvgIpc) is 2.28. The molecule has 2 N–H and O–H groups in total. The van der Waals surface area contributed by atoms with Crippen LogP contribution in [0, 0.1) is 0 Å². The first-order valence-corrected chi connectivity index (χ1v) is 4.41. The number of hydrogen-bond donors (Lipinski definition) is 1. The van der Waals surface area contributed by atoms with E-state index in [2.05, 4.69) is 9.72 Å². The molecular formula is C10H12N2O3. The Kier molecular flexibility index (Phi) is 3.93. The van der Waals surface area contributed by atoms with Gasteiger partial charge in [0.15, 0.2) is 0 Å². The molecule has 0 unspecified atom stereocenters. The number of esters is 1. The van der Waals surface area contributed by atoms with Crippen molar-refractivity contribution in [1.29, 1.82) is 0 Å². The van der Waals surface area contributed by atoms with E-state index in [4.69, 9.17) is 5.73 Å². The van der Waals surface area contributed by atoms with Crippen LogP contribution in [0.3, 0.4) is 0 Å². The van der Waals surface area contributed by atoms with Crippen LogP contribution in [0.15, 0.2) is 18.3 Å². The number of hydrogen-bond acceptors (Lipinski definition) is 5. The maximum absolute atomic E-state index is 11.0. The number of aromatic nitrogens is 1. The van der Waals surface area contributed by atoms with Crippen LogP contribution in [0.1, 0.15) is 16.1 Å². The summed E-state index contributed by atoms with van der Waals surface area (Å²) >= 11 is 0. The molecule has 0 radical (unpaired) electrons. The van der Waals surface area contributed by atoms with E-state index in [1.165, 1.54) is 13.3 Å². The van der Waals surface area contributed by atoms with Crippen LogP contribution in [-0.4, -0.2) is 30.4 Å². The summed E-state index contributed by atoms with van der Waals surface area (Å²) in [5, 5.41) is 0. The van der Waals surface area contributed by atoms with Gasteiger partial charge in [0.1, 0.15) is 12.3 Å². The van der Waals surface area contributed by atoms with E-state index < -0.39 is 12.0 Å². The molecule has 1 atom stereocenters. The Morgan fingerprint density at radius 3 is 3.07 bits per heavy atom. The number of ether oxygens (including phenoxy) is 1. The minimum absolute atomic E-state index is 0.258. The van der Waals surface area contributed by atoms with Gasteiger partial charge in [-0.15, -0.1) is 0 Å². The Labute approximate surface area is 87.3 Å². The fraction of sp³-hybridized carbons (Fsp3) is 0.300. The van der Waals surface area contributed by atoms with Gasteiger partial charge in [0.2, 0.25) is 0 Å².